The van der Waals surface area contributed by atoms with Crippen LogP contribution >= 0.6 is 0 Å². The van der Waals surface area contributed by atoms with Crippen LogP contribution in [0.1, 0.15) is 27.9 Å². The number of Topliss-reactive ketones (excluding diaryl/α,β-unsaturated/α-hetero) is 1. The van der Waals surface area contributed by atoms with Gasteiger partial charge in [0, 0.05) is 12.0 Å². The van der Waals surface area contributed by atoms with Gasteiger partial charge in [0.05, 0.1) is 18.5 Å². The van der Waals surface area contributed by atoms with E-state index in [1.54, 1.807) is 7.11 Å². The Hall–Kier alpha value is -3.40. The van der Waals surface area contributed by atoms with Crippen molar-refractivity contribution in [2.24, 2.45) is 5.10 Å². The molecule has 2 aliphatic rings. The lowest BCUT2D eigenvalue weighted by Gasteiger charge is -2.30. The zero-order valence-corrected chi connectivity index (χ0v) is 14.9. The van der Waals surface area contributed by atoms with Crippen molar-refractivity contribution in [2.75, 3.05) is 12.1 Å². The van der Waals surface area contributed by atoms with Crippen LogP contribution in [0.4, 0.5) is 5.69 Å². The molecule has 2 heterocycles. The molecular weight excluding hydrogens is 336 g/mol. The second kappa shape index (κ2) is 5.81. The Morgan fingerprint density at radius 3 is 2.37 bits per heavy atom. The lowest BCUT2D eigenvalue weighted by molar-refractivity contribution is 0.0908. The van der Waals surface area contributed by atoms with Crippen molar-refractivity contribution in [3.8, 4) is 5.75 Å². The molecule has 0 N–H and O–H groups in total. The number of fused-ring (bicyclic) bond motifs is 3. The number of methoxy groups -OCH3 is 1. The monoisotopic (exact) mass is 354 g/mol. The molecule has 4 heteroatoms. The molecule has 27 heavy (non-hydrogen) atoms. The first kappa shape index (κ1) is 15.8. The molecule has 1 atom stereocenters. The highest BCUT2D eigenvalue weighted by atomic mass is 16.5. The van der Waals surface area contributed by atoms with Crippen molar-refractivity contribution in [2.45, 2.75) is 12.0 Å². The van der Waals surface area contributed by atoms with Crippen molar-refractivity contribution in [3.05, 3.63) is 95.6 Å². The van der Waals surface area contributed by atoms with E-state index in [1.165, 1.54) is 0 Å². The predicted octanol–water partition coefficient (Wildman–Crippen LogP) is 4.40. The molecule has 2 aliphatic heterocycles. The average molecular weight is 354 g/mol. The topological polar surface area (TPSA) is 41.9 Å². The molecule has 0 saturated heterocycles. The Balaban J connectivity index is 1.67. The van der Waals surface area contributed by atoms with Gasteiger partial charge in [-0.1, -0.05) is 42.5 Å². The lowest BCUT2D eigenvalue weighted by atomic mass is 9.81. The maximum absolute atomic E-state index is 13.5. The second-order valence-corrected chi connectivity index (χ2v) is 6.84. The number of benzene rings is 3. The summed E-state index contributed by atoms with van der Waals surface area (Å²) in [6.45, 7) is 0. The Labute approximate surface area is 157 Å². The van der Waals surface area contributed by atoms with Gasteiger partial charge in [0.25, 0.3) is 0 Å². The van der Waals surface area contributed by atoms with Crippen LogP contribution in [0.25, 0.3) is 0 Å². The van der Waals surface area contributed by atoms with Crippen LogP contribution in [-0.4, -0.2) is 18.6 Å². The fourth-order valence-corrected chi connectivity index (χ4v) is 4.08. The number of ether oxygens (including phenoxy) is 1. The smallest absolute Gasteiger partial charge is 0.197 e. The summed E-state index contributed by atoms with van der Waals surface area (Å²) in [4.78, 5) is 13.5. The van der Waals surface area contributed by atoms with Crippen molar-refractivity contribution >= 4 is 17.2 Å². The van der Waals surface area contributed by atoms with E-state index >= 15 is 0 Å². The number of ketones is 1. The van der Waals surface area contributed by atoms with E-state index in [0.29, 0.717) is 6.42 Å². The van der Waals surface area contributed by atoms with Gasteiger partial charge in [-0.2, -0.15) is 5.10 Å². The first-order valence-electron chi connectivity index (χ1n) is 8.95. The molecule has 4 nitrogen and oxygen atoms in total. The van der Waals surface area contributed by atoms with Crippen molar-refractivity contribution in [1.82, 2.24) is 0 Å². The molecule has 3 aromatic rings. The summed E-state index contributed by atoms with van der Waals surface area (Å²) < 4.78 is 5.25. The number of rotatable bonds is 3. The standard InChI is InChI=1S/C23H18N2O2/c1-27-18-13-11-16(12-14-18)20-15-23(17-7-3-2-4-8-17)22(26)19-9-5-6-10-21(19)25(23)24-20/h2-14H,15H2,1H3. The molecule has 0 bridgehead atoms. The van der Waals surface area contributed by atoms with Crippen LogP contribution in [0.2, 0.25) is 0 Å². The van der Waals surface area contributed by atoms with Crippen LogP contribution in [0.15, 0.2) is 84.0 Å². The Morgan fingerprint density at radius 2 is 1.63 bits per heavy atom. The van der Waals surface area contributed by atoms with E-state index in [-0.39, 0.29) is 5.78 Å². The molecule has 0 radical (unpaired) electrons. The fraction of sp³-hybridized carbons (Fsp3) is 0.130. The van der Waals surface area contributed by atoms with Gasteiger partial charge in [0.1, 0.15) is 5.75 Å². The third-order valence-electron chi connectivity index (χ3n) is 5.43. The average Bonchev–Trinajstić information content (AvgIpc) is 3.25. The van der Waals surface area contributed by atoms with Crippen LogP contribution in [-0.2, 0) is 5.54 Å². The van der Waals surface area contributed by atoms with E-state index in [2.05, 4.69) is 0 Å². The number of para-hydroxylation sites is 1. The van der Waals surface area contributed by atoms with Gasteiger partial charge in [-0.15, -0.1) is 0 Å². The Bertz CT molecular complexity index is 1060. The summed E-state index contributed by atoms with van der Waals surface area (Å²) in [7, 11) is 1.65. The third-order valence-corrected chi connectivity index (χ3v) is 5.43. The SMILES string of the molecule is COc1ccc(C2=NN3c4ccccc4C(=O)C3(c3ccccc3)C2)cc1. The minimum absolute atomic E-state index is 0.108. The summed E-state index contributed by atoms with van der Waals surface area (Å²) in [6, 6.07) is 25.5. The number of hydrazone groups is 1. The van der Waals surface area contributed by atoms with Gasteiger partial charge in [0.15, 0.2) is 11.3 Å². The number of hydrogen-bond donors (Lipinski definition) is 0. The highest BCUT2D eigenvalue weighted by Crippen LogP contribution is 2.51. The Kier molecular flexibility index (Phi) is 3.41. The molecule has 0 aromatic heterocycles. The maximum atomic E-state index is 13.5. The van der Waals surface area contributed by atoms with Crippen LogP contribution in [0.5, 0.6) is 5.75 Å². The molecule has 3 aromatic carbocycles. The molecule has 0 spiro atoms. The minimum Gasteiger partial charge on any atom is -0.497 e. The van der Waals surface area contributed by atoms with Crippen molar-refractivity contribution in [3.63, 3.8) is 0 Å². The number of anilines is 1. The van der Waals surface area contributed by atoms with Gasteiger partial charge in [-0.05, 0) is 47.5 Å². The van der Waals surface area contributed by atoms with Crippen LogP contribution in [0.3, 0.4) is 0 Å². The van der Waals surface area contributed by atoms with E-state index < -0.39 is 5.54 Å². The predicted molar refractivity (Wildman–Crippen MR) is 106 cm³/mol. The summed E-state index contributed by atoms with van der Waals surface area (Å²) in [5.74, 6) is 0.911. The van der Waals surface area contributed by atoms with Crippen LogP contribution < -0.4 is 9.75 Å². The summed E-state index contributed by atoms with van der Waals surface area (Å²) >= 11 is 0. The van der Waals surface area contributed by atoms with Crippen molar-refractivity contribution in [1.29, 1.82) is 0 Å². The molecule has 1 unspecified atom stereocenters. The normalized spacial score (nSPS) is 20.3. The van der Waals surface area contributed by atoms with Gasteiger partial charge in [-0.3, -0.25) is 4.79 Å². The van der Waals surface area contributed by atoms with Crippen LogP contribution in [0, 0.1) is 0 Å². The lowest BCUT2D eigenvalue weighted by Crippen LogP contribution is -2.42. The summed E-state index contributed by atoms with van der Waals surface area (Å²) in [5.41, 5.74) is 3.68. The Morgan fingerprint density at radius 1 is 0.926 bits per heavy atom. The summed E-state index contributed by atoms with van der Waals surface area (Å²) in [5, 5.41) is 6.82. The van der Waals surface area contributed by atoms with E-state index in [9.17, 15) is 4.79 Å². The molecule has 0 fully saturated rings. The summed E-state index contributed by atoms with van der Waals surface area (Å²) in [6.07, 6.45) is 0.539. The first-order valence-corrected chi connectivity index (χ1v) is 8.95. The second-order valence-electron chi connectivity index (χ2n) is 6.84. The van der Waals surface area contributed by atoms with Crippen molar-refractivity contribution < 1.29 is 9.53 Å². The molecule has 0 amide bonds. The van der Waals surface area contributed by atoms with E-state index in [1.807, 2.05) is 83.9 Å². The molecular formula is C23H18N2O2. The highest BCUT2D eigenvalue weighted by Gasteiger charge is 2.56. The van der Waals surface area contributed by atoms with Gasteiger partial charge in [-0.25, -0.2) is 5.01 Å². The first-order chi connectivity index (χ1) is 13.2. The van der Waals surface area contributed by atoms with E-state index in [4.69, 9.17) is 9.84 Å². The zero-order chi connectivity index (χ0) is 18.4. The number of carbonyl (C=O) groups excluding carboxylic acids is 1. The quantitative estimate of drug-likeness (QED) is 0.700. The number of carbonyl (C=O) groups is 1. The number of hydrogen-bond acceptors (Lipinski definition) is 4. The molecule has 0 aliphatic carbocycles. The highest BCUT2D eigenvalue weighted by molar-refractivity contribution is 6.20. The fourth-order valence-electron chi connectivity index (χ4n) is 4.08. The van der Waals surface area contributed by atoms with Gasteiger partial charge < -0.3 is 4.74 Å². The zero-order valence-electron chi connectivity index (χ0n) is 14.9. The maximum Gasteiger partial charge on any atom is 0.197 e. The minimum atomic E-state index is -0.805. The van der Waals surface area contributed by atoms with Gasteiger partial charge in [0.2, 0.25) is 0 Å². The molecule has 0 saturated carbocycles. The molecule has 5 rings (SSSR count). The molecule has 132 valence electrons. The van der Waals surface area contributed by atoms with E-state index in [0.717, 1.165) is 33.8 Å². The third kappa shape index (κ3) is 2.16. The largest absolute Gasteiger partial charge is 0.497 e. The number of nitrogens with zero attached hydrogens (tertiary/aromatic N) is 2. The van der Waals surface area contributed by atoms with Gasteiger partial charge >= 0.3 is 0 Å².